The Hall–Kier alpha value is -2.90. The third-order valence-electron chi connectivity index (χ3n) is 2.60. The SMILES string of the molecule is Nc1nonc1C(=O)Nc1ccccc1CCC(=O)O. The van der Waals surface area contributed by atoms with Gasteiger partial charge in [-0.15, -0.1) is 0 Å². The molecular weight excluding hydrogens is 264 g/mol. The van der Waals surface area contributed by atoms with Crippen molar-refractivity contribution in [1.82, 2.24) is 10.3 Å². The smallest absolute Gasteiger partial charge is 0.303 e. The van der Waals surface area contributed by atoms with E-state index in [1.807, 2.05) is 0 Å². The molecule has 4 N–H and O–H groups in total. The maximum absolute atomic E-state index is 11.9. The Morgan fingerprint density at radius 3 is 2.70 bits per heavy atom. The second-order valence-electron chi connectivity index (χ2n) is 4.00. The number of nitrogens with two attached hydrogens (primary N) is 1. The maximum Gasteiger partial charge on any atom is 0.303 e. The van der Waals surface area contributed by atoms with Crippen LogP contribution in [-0.2, 0) is 11.2 Å². The number of carbonyl (C=O) groups is 2. The van der Waals surface area contributed by atoms with Crippen LogP contribution in [0.1, 0.15) is 22.5 Å². The Labute approximate surface area is 113 Å². The minimum Gasteiger partial charge on any atom is -0.481 e. The maximum atomic E-state index is 11.9. The van der Waals surface area contributed by atoms with Gasteiger partial charge in [0.25, 0.3) is 5.91 Å². The molecule has 0 bridgehead atoms. The number of hydrogen-bond acceptors (Lipinski definition) is 6. The Morgan fingerprint density at radius 2 is 2.05 bits per heavy atom. The van der Waals surface area contributed by atoms with E-state index in [0.29, 0.717) is 17.7 Å². The molecule has 2 aromatic rings. The van der Waals surface area contributed by atoms with Crippen molar-refractivity contribution in [2.45, 2.75) is 12.8 Å². The van der Waals surface area contributed by atoms with Gasteiger partial charge in [0, 0.05) is 12.1 Å². The number of anilines is 2. The molecule has 104 valence electrons. The second-order valence-corrected chi connectivity index (χ2v) is 4.00. The van der Waals surface area contributed by atoms with Crippen molar-refractivity contribution in [2.24, 2.45) is 0 Å². The third-order valence-corrected chi connectivity index (χ3v) is 2.60. The van der Waals surface area contributed by atoms with Crippen molar-refractivity contribution < 1.29 is 19.3 Å². The van der Waals surface area contributed by atoms with E-state index in [9.17, 15) is 9.59 Å². The molecule has 1 aromatic carbocycles. The fourth-order valence-corrected chi connectivity index (χ4v) is 1.64. The number of hydrogen-bond donors (Lipinski definition) is 3. The molecule has 0 saturated heterocycles. The van der Waals surface area contributed by atoms with Gasteiger partial charge < -0.3 is 16.2 Å². The van der Waals surface area contributed by atoms with E-state index in [0.717, 1.165) is 0 Å². The standard InChI is InChI=1S/C12H12N4O4/c13-11-10(15-20-16-11)12(19)14-8-4-2-1-3-7(8)5-6-9(17)18/h1-4H,5-6H2,(H2,13,16)(H,14,19)(H,17,18). The molecule has 1 heterocycles. The van der Waals surface area contributed by atoms with Crippen LogP contribution in [0.2, 0.25) is 0 Å². The summed E-state index contributed by atoms with van der Waals surface area (Å²) < 4.78 is 4.35. The van der Waals surface area contributed by atoms with Gasteiger partial charge in [-0.25, -0.2) is 4.63 Å². The summed E-state index contributed by atoms with van der Waals surface area (Å²) in [5, 5.41) is 18.0. The molecule has 0 aliphatic carbocycles. The number of nitrogen functional groups attached to an aromatic ring is 1. The molecule has 1 aromatic heterocycles. The number of amides is 1. The second kappa shape index (κ2) is 5.83. The average molecular weight is 276 g/mol. The minimum absolute atomic E-state index is 0.0272. The van der Waals surface area contributed by atoms with Crippen LogP contribution in [0.4, 0.5) is 11.5 Å². The first kappa shape index (κ1) is 13.5. The fourth-order valence-electron chi connectivity index (χ4n) is 1.64. The van der Waals surface area contributed by atoms with Crippen LogP contribution in [0.3, 0.4) is 0 Å². The lowest BCUT2D eigenvalue weighted by molar-refractivity contribution is -0.136. The molecule has 8 nitrogen and oxygen atoms in total. The van der Waals surface area contributed by atoms with Gasteiger partial charge in [-0.05, 0) is 28.4 Å². The summed E-state index contributed by atoms with van der Waals surface area (Å²) in [6, 6.07) is 6.89. The number of aromatic nitrogens is 2. The van der Waals surface area contributed by atoms with Gasteiger partial charge in [0.1, 0.15) is 0 Å². The molecule has 0 unspecified atom stereocenters. The predicted octanol–water partition coefficient (Wildman–Crippen LogP) is 0.921. The van der Waals surface area contributed by atoms with Crippen molar-refractivity contribution in [3.63, 3.8) is 0 Å². The summed E-state index contributed by atoms with van der Waals surface area (Å²) >= 11 is 0. The van der Waals surface area contributed by atoms with E-state index in [2.05, 4.69) is 20.3 Å². The molecule has 2 rings (SSSR count). The predicted molar refractivity (Wildman–Crippen MR) is 69.1 cm³/mol. The zero-order valence-corrected chi connectivity index (χ0v) is 10.4. The Morgan fingerprint density at radius 1 is 1.30 bits per heavy atom. The topological polar surface area (TPSA) is 131 Å². The number of carbonyl (C=O) groups excluding carboxylic acids is 1. The molecule has 20 heavy (non-hydrogen) atoms. The van der Waals surface area contributed by atoms with E-state index >= 15 is 0 Å². The summed E-state index contributed by atoms with van der Waals surface area (Å²) in [6.07, 6.45) is 0.277. The van der Waals surface area contributed by atoms with Crippen LogP contribution >= 0.6 is 0 Å². The van der Waals surface area contributed by atoms with Crippen molar-refractivity contribution in [2.75, 3.05) is 11.1 Å². The molecule has 0 radical (unpaired) electrons. The lowest BCUT2D eigenvalue weighted by Gasteiger charge is -2.09. The number of carboxylic acid groups (broad SMARTS) is 1. The van der Waals surface area contributed by atoms with Crippen LogP contribution in [0.15, 0.2) is 28.9 Å². The largest absolute Gasteiger partial charge is 0.481 e. The quantitative estimate of drug-likeness (QED) is 0.739. The normalized spacial score (nSPS) is 10.2. The average Bonchev–Trinajstić information content (AvgIpc) is 2.84. The Kier molecular flexibility index (Phi) is 3.94. The van der Waals surface area contributed by atoms with E-state index in [1.54, 1.807) is 24.3 Å². The number of carboxylic acids is 1. The van der Waals surface area contributed by atoms with Gasteiger partial charge in [0.05, 0.1) is 0 Å². The summed E-state index contributed by atoms with van der Waals surface area (Å²) in [4.78, 5) is 22.5. The van der Waals surface area contributed by atoms with Crippen LogP contribution < -0.4 is 11.1 Å². The van der Waals surface area contributed by atoms with Gasteiger partial charge in [-0.3, -0.25) is 9.59 Å². The van der Waals surface area contributed by atoms with Crippen molar-refractivity contribution in [3.8, 4) is 0 Å². The summed E-state index contributed by atoms with van der Waals surface area (Å²) in [5.41, 5.74) is 6.52. The molecule has 0 fully saturated rings. The zero-order chi connectivity index (χ0) is 14.5. The number of benzene rings is 1. The number of nitrogens with zero attached hydrogens (tertiary/aromatic N) is 2. The monoisotopic (exact) mass is 276 g/mol. The van der Waals surface area contributed by atoms with Gasteiger partial charge in [0.15, 0.2) is 0 Å². The van der Waals surface area contributed by atoms with E-state index < -0.39 is 11.9 Å². The van der Waals surface area contributed by atoms with Crippen molar-refractivity contribution in [1.29, 1.82) is 0 Å². The summed E-state index contributed by atoms with van der Waals surface area (Å²) in [6.45, 7) is 0. The van der Waals surface area contributed by atoms with Gasteiger partial charge in [-0.1, -0.05) is 18.2 Å². The number of para-hydroxylation sites is 1. The first-order valence-electron chi connectivity index (χ1n) is 5.77. The van der Waals surface area contributed by atoms with Gasteiger partial charge in [-0.2, -0.15) is 0 Å². The summed E-state index contributed by atoms with van der Waals surface area (Å²) in [7, 11) is 0. The van der Waals surface area contributed by atoms with E-state index in [1.165, 1.54) is 0 Å². The molecule has 0 aliphatic rings. The zero-order valence-electron chi connectivity index (χ0n) is 10.4. The van der Waals surface area contributed by atoms with Crippen LogP contribution in [0.5, 0.6) is 0 Å². The third kappa shape index (κ3) is 3.10. The lowest BCUT2D eigenvalue weighted by Crippen LogP contribution is -2.15. The molecule has 0 saturated carbocycles. The van der Waals surface area contributed by atoms with Crippen LogP contribution in [0.25, 0.3) is 0 Å². The van der Waals surface area contributed by atoms with Crippen LogP contribution in [-0.4, -0.2) is 27.3 Å². The molecule has 0 atom stereocenters. The first-order chi connectivity index (χ1) is 9.58. The van der Waals surface area contributed by atoms with E-state index in [4.69, 9.17) is 10.8 Å². The highest BCUT2D eigenvalue weighted by molar-refractivity contribution is 6.05. The highest BCUT2D eigenvalue weighted by Gasteiger charge is 2.17. The van der Waals surface area contributed by atoms with E-state index in [-0.39, 0.29) is 17.9 Å². The fraction of sp³-hybridized carbons (Fsp3) is 0.167. The molecule has 0 spiro atoms. The first-order valence-corrected chi connectivity index (χ1v) is 5.77. The Balaban J connectivity index is 2.15. The lowest BCUT2D eigenvalue weighted by atomic mass is 10.1. The van der Waals surface area contributed by atoms with Crippen molar-refractivity contribution in [3.05, 3.63) is 35.5 Å². The number of aliphatic carboxylic acids is 1. The number of nitrogens with one attached hydrogen (secondary N) is 1. The Bertz CT molecular complexity index is 638. The highest BCUT2D eigenvalue weighted by atomic mass is 16.6. The van der Waals surface area contributed by atoms with Crippen LogP contribution in [0, 0.1) is 0 Å². The minimum atomic E-state index is -0.906. The molecule has 8 heteroatoms. The number of rotatable bonds is 5. The highest BCUT2D eigenvalue weighted by Crippen LogP contribution is 2.18. The summed E-state index contributed by atoms with van der Waals surface area (Å²) in [5.74, 6) is -1.58. The number of aryl methyl sites for hydroxylation is 1. The molecular formula is C12H12N4O4. The molecule has 0 aliphatic heterocycles. The van der Waals surface area contributed by atoms with Gasteiger partial charge >= 0.3 is 5.97 Å². The van der Waals surface area contributed by atoms with Gasteiger partial charge in [0.2, 0.25) is 11.5 Å². The molecule has 1 amide bonds. The van der Waals surface area contributed by atoms with Crippen molar-refractivity contribution >= 4 is 23.4 Å².